The molecule has 0 fully saturated rings. The molecule has 0 aliphatic rings. The molecule has 0 aromatic heterocycles. The quantitative estimate of drug-likeness (QED) is 0.343. The van der Waals surface area contributed by atoms with Crippen LogP contribution >= 0.6 is 0 Å². The second kappa shape index (κ2) is 10.0. The van der Waals surface area contributed by atoms with Crippen LogP contribution < -0.4 is 29.1 Å². The van der Waals surface area contributed by atoms with Crippen molar-refractivity contribution in [1.29, 1.82) is 0 Å². The first-order valence-electron chi connectivity index (χ1n) is 8.58. The van der Waals surface area contributed by atoms with Crippen LogP contribution in [0.15, 0.2) is 23.3 Å². The van der Waals surface area contributed by atoms with E-state index in [0.717, 1.165) is 12.3 Å². The lowest BCUT2D eigenvalue weighted by molar-refractivity contribution is -0.386. The summed E-state index contributed by atoms with van der Waals surface area (Å²) in [6.07, 6.45) is 1.01. The molecular weight excluding hydrogens is 414 g/mol. The minimum atomic E-state index is -0.719. The highest BCUT2D eigenvalue weighted by molar-refractivity contribution is 5.97. The van der Waals surface area contributed by atoms with E-state index in [2.05, 4.69) is 10.5 Å². The second-order valence-electron chi connectivity index (χ2n) is 5.76. The average molecular weight is 435 g/mol. The van der Waals surface area contributed by atoms with E-state index < -0.39 is 22.3 Å². The van der Waals surface area contributed by atoms with E-state index in [0.29, 0.717) is 5.75 Å². The number of ether oxygens (including phenoxy) is 5. The number of hydrogen-bond donors (Lipinski definition) is 2. The van der Waals surface area contributed by atoms with E-state index in [9.17, 15) is 20.0 Å². The molecule has 2 aromatic carbocycles. The summed E-state index contributed by atoms with van der Waals surface area (Å²) >= 11 is 0. The lowest BCUT2D eigenvalue weighted by Gasteiger charge is -2.13. The first-order valence-corrected chi connectivity index (χ1v) is 8.58. The lowest BCUT2D eigenvalue weighted by Crippen LogP contribution is -2.18. The predicted octanol–water partition coefficient (Wildman–Crippen LogP) is 2.11. The number of nitrogens with one attached hydrogen (secondary N) is 1. The first kappa shape index (κ1) is 23.1. The van der Waals surface area contributed by atoms with E-state index in [1.54, 1.807) is 0 Å². The number of phenols is 1. The molecule has 1 amide bonds. The fraction of sp³-hybridized carbons (Fsp3) is 0.263. The number of aromatic hydroxyl groups is 1. The molecule has 0 unspecified atom stereocenters. The third-order valence-electron chi connectivity index (χ3n) is 4.13. The molecule has 0 aliphatic heterocycles. The Hall–Kier alpha value is -4.22. The Morgan fingerprint density at radius 2 is 1.52 bits per heavy atom. The fourth-order valence-electron chi connectivity index (χ4n) is 2.72. The molecule has 0 spiro atoms. The first-order chi connectivity index (χ1) is 14.8. The number of amides is 1. The van der Waals surface area contributed by atoms with Crippen molar-refractivity contribution in [2.24, 2.45) is 5.10 Å². The van der Waals surface area contributed by atoms with Gasteiger partial charge in [0.25, 0.3) is 5.91 Å². The number of benzene rings is 2. The van der Waals surface area contributed by atoms with Crippen LogP contribution in [-0.2, 0) is 0 Å². The molecule has 12 nitrogen and oxygen atoms in total. The summed E-state index contributed by atoms with van der Waals surface area (Å²) in [5.74, 6) is -0.681. The highest BCUT2D eigenvalue weighted by Crippen LogP contribution is 2.43. The van der Waals surface area contributed by atoms with E-state index in [-0.39, 0.29) is 34.1 Å². The van der Waals surface area contributed by atoms with Crippen LogP contribution in [0.5, 0.6) is 34.5 Å². The largest absolute Gasteiger partial charge is 0.507 e. The second-order valence-corrected chi connectivity index (χ2v) is 5.76. The number of nitrogens with zero attached hydrogens (tertiary/aromatic N) is 2. The summed E-state index contributed by atoms with van der Waals surface area (Å²) in [5.41, 5.74) is 1.77. The summed E-state index contributed by atoms with van der Waals surface area (Å²) in [6.45, 7) is 0. The molecule has 2 N–H and O–H groups in total. The third kappa shape index (κ3) is 4.69. The number of rotatable bonds is 9. The van der Waals surface area contributed by atoms with Crippen molar-refractivity contribution >= 4 is 17.8 Å². The summed E-state index contributed by atoms with van der Waals surface area (Å²) in [4.78, 5) is 23.1. The lowest BCUT2D eigenvalue weighted by atomic mass is 10.1. The minimum absolute atomic E-state index is 0.125. The zero-order valence-corrected chi connectivity index (χ0v) is 17.4. The number of hydrazone groups is 1. The van der Waals surface area contributed by atoms with Gasteiger partial charge in [0.15, 0.2) is 11.5 Å². The van der Waals surface area contributed by atoms with Crippen LogP contribution in [0.1, 0.15) is 15.9 Å². The number of carbonyl (C=O) groups is 1. The van der Waals surface area contributed by atoms with Gasteiger partial charge in [-0.25, -0.2) is 5.43 Å². The van der Waals surface area contributed by atoms with Gasteiger partial charge in [-0.05, 0) is 12.1 Å². The van der Waals surface area contributed by atoms with Crippen LogP contribution in [0.25, 0.3) is 0 Å². The molecule has 0 aliphatic carbocycles. The molecule has 0 saturated heterocycles. The van der Waals surface area contributed by atoms with E-state index in [1.165, 1.54) is 47.7 Å². The van der Waals surface area contributed by atoms with Gasteiger partial charge in [-0.3, -0.25) is 14.9 Å². The van der Waals surface area contributed by atoms with Crippen LogP contribution in [0.2, 0.25) is 0 Å². The normalized spacial score (nSPS) is 10.5. The zero-order valence-electron chi connectivity index (χ0n) is 17.4. The monoisotopic (exact) mass is 435 g/mol. The number of carbonyl (C=O) groups excluding carboxylic acids is 1. The van der Waals surface area contributed by atoms with Gasteiger partial charge in [0.2, 0.25) is 17.2 Å². The Balaban J connectivity index is 2.38. The molecule has 0 atom stereocenters. The maximum absolute atomic E-state index is 12.5. The minimum Gasteiger partial charge on any atom is -0.507 e. The highest BCUT2D eigenvalue weighted by Gasteiger charge is 2.28. The van der Waals surface area contributed by atoms with Gasteiger partial charge in [0.1, 0.15) is 5.75 Å². The van der Waals surface area contributed by atoms with Gasteiger partial charge in [-0.15, -0.1) is 0 Å². The standard InChI is InChI=1S/C19H21N3O9/c1-27-13-8-12(23)11(17(30-4)16(13)22(25)26)9-20-21-19(24)10-6-14(28-2)18(31-5)15(7-10)29-3/h6-9,23H,1-5H3,(H,21,24)/b20-9+. The van der Waals surface area contributed by atoms with Crippen molar-refractivity contribution in [1.82, 2.24) is 5.43 Å². The number of hydrogen-bond acceptors (Lipinski definition) is 10. The van der Waals surface area contributed by atoms with E-state index in [1.807, 2.05) is 0 Å². The van der Waals surface area contributed by atoms with Crippen molar-refractivity contribution in [3.63, 3.8) is 0 Å². The number of nitro groups is 1. The van der Waals surface area contributed by atoms with Gasteiger partial charge >= 0.3 is 5.69 Å². The number of nitro benzene ring substituents is 1. The van der Waals surface area contributed by atoms with Crippen LogP contribution in [-0.4, -0.2) is 57.7 Å². The van der Waals surface area contributed by atoms with Crippen molar-refractivity contribution in [2.75, 3.05) is 35.5 Å². The van der Waals surface area contributed by atoms with E-state index >= 15 is 0 Å². The summed E-state index contributed by atoms with van der Waals surface area (Å²) in [5, 5.41) is 25.3. The Bertz CT molecular complexity index is 996. The molecule has 0 heterocycles. The molecule has 0 saturated carbocycles. The van der Waals surface area contributed by atoms with E-state index in [4.69, 9.17) is 23.7 Å². The molecule has 0 radical (unpaired) electrons. The summed E-state index contributed by atoms with van der Waals surface area (Å²) in [7, 11) is 6.64. The highest BCUT2D eigenvalue weighted by atomic mass is 16.6. The molecule has 166 valence electrons. The van der Waals surface area contributed by atoms with Crippen LogP contribution in [0, 0.1) is 10.1 Å². The molecule has 12 heteroatoms. The number of phenolic OH excluding ortho intramolecular Hbond substituents is 1. The van der Waals surface area contributed by atoms with Gasteiger partial charge in [-0.1, -0.05) is 0 Å². The average Bonchev–Trinajstić information content (AvgIpc) is 2.77. The Kier molecular flexibility index (Phi) is 7.44. The molecule has 0 bridgehead atoms. The SMILES string of the molecule is COc1cc(C(=O)N/N=C/c2c(O)cc(OC)c([N+](=O)[O-])c2OC)cc(OC)c1OC. The van der Waals surface area contributed by atoms with Crippen molar-refractivity contribution < 1.29 is 38.5 Å². The summed E-state index contributed by atoms with van der Waals surface area (Å²) < 4.78 is 25.6. The Morgan fingerprint density at radius 1 is 0.968 bits per heavy atom. The molecule has 2 rings (SSSR count). The molecular formula is C19H21N3O9. The fourth-order valence-corrected chi connectivity index (χ4v) is 2.72. The zero-order chi connectivity index (χ0) is 23.1. The van der Waals surface area contributed by atoms with Gasteiger partial charge in [-0.2, -0.15) is 5.10 Å². The smallest absolute Gasteiger partial charge is 0.353 e. The Labute approximate surface area is 177 Å². The summed E-state index contributed by atoms with van der Waals surface area (Å²) in [6, 6.07) is 3.88. The maximum Gasteiger partial charge on any atom is 0.353 e. The predicted molar refractivity (Wildman–Crippen MR) is 109 cm³/mol. The molecule has 31 heavy (non-hydrogen) atoms. The Morgan fingerprint density at radius 3 is 1.97 bits per heavy atom. The van der Waals surface area contributed by atoms with Gasteiger partial charge < -0.3 is 28.8 Å². The maximum atomic E-state index is 12.5. The van der Waals surface area contributed by atoms with Gasteiger partial charge in [0.05, 0.1) is 52.3 Å². The third-order valence-corrected chi connectivity index (χ3v) is 4.13. The van der Waals surface area contributed by atoms with Crippen molar-refractivity contribution in [2.45, 2.75) is 0 Å². The topological polar surface area (TPSA) is 151 Å². The number of methoxy groups -OCH3 is 5. The van der Waals surface area contributed by atoms with Crippen molar-refractivity contribution in [3.8, 4) is 34.5 Å². The van der Waals surface area contributed by atoms with Crippen molar-refractivity contribution in [3.05, 3.63) is 39.4 Å². The van der Waals surface area contributed by atoms with Crippen LogP contribution in [0.3, 0.4) is 0 Å². The molecule has 2 aromatic rings. The van der Waals surface area contributed by atoms with Crippen LogP contribution in [0.4, 0.5) is 5.69 Å². The van der Waals surface area contributed by atoms with Gasteiger partial charge in [0, 0.05) is 11.6 Å².